The van der Waals surface area contributed by atoms with Crippen molar-refractivity contribution in [2.45, 2.75) is 36.5 Å². The molecule has 0 spiro atoms. The average Bonchev–Trinajstić information content (AvgIpc) is 2.98. The zero-order valence-corrected chi connectivity index (χ0v) is 11.0. The van der Waals surface area contributed by atoms with Gasteiger partial charge in [0.15, 0.2) is 11.9 Å². The topological polar surface area (TPSA) is 84.9 Å². The van der Waals surface area contributed by atoms with Gasteiger partial charge in [-0.1, -0.05) is 0 Å². The largest absolute Gasteiger partial charge is 0.691 e. The third kappa shape index (κ3) is 2.87. The van der Waals surface area contributed by atoms with E-state index >= 15 is 0 Å². The normalized spacial score (nSPS) is 31.3. The summed E-state index contributed by atoms with van der Waals surface area (Å²) in [7, 11) is 0. The molecule has 11 heteroatoms. The first-order valence-corrected chi connectivity index (χ1v) is 6.59. The highest BCUT2D eigenvalue weighted by molar-refractivity contribution is 7.96. The second kappa shape index (κ2) is 5.71. The molecule has 0 radical (unpaired) electrons. The van der Waals surface area contributed by atoms with E-state index in [4.69, 9.17) is 0 Å². The van der Waals surface area contributed by atoms with Gasteiger partial charge in [-0.05, 0) is 19.3 Å². The summed E-state index contributed by atoms with van der Waals surface area (Å²) in [4.78, 5) is 23.2. The van der Waals surface area contributed by atoms with Crippen LogP contribution in [-0.2, 0) is 23.7 Å². The van der Waals surface area contributed by atoms with E-state index in [9.17, 15) is 32.4 Å². The van der Waals surface area contributed by atoms with Crippen molar-refractivity contribution in [3.8, 4) is 0 Å². The van der Waals surface area contributed by atoms with Gasteiger partial charge in [0.05, 0.1) is 12.0 Å². The van der Waals surface area contributed by atoms with Gasteiger partial charge in [0.25, 0.3) is 0 Å². The van der Waals surface area contributed by atoms with Crippen LogP contribution in [0.5, 0.6) is 0 Å². The first-order valence-electron chi connectivity index (χ1n) is 5.85. The number of rotatable bonds is 5. The van der Waals surface area contributed by atoms with Gasteiger partial charge in [-0.3, -0.25) is 9.83 Å². The van der Waals surface area contributed by atoms with Crippen LogP contribution >= 0.6 is 12.0 Å². The zero-order valence-electron chi connectivity index (χ0n) is 10.2. The van der Waals surface area contributed by atoms with Crippen LogP contribution in [0.3, 0.4) is 0 Å². The van der Waals surface area contributed by atoms with Crippen LogP contribution in [0.25, 0.3) is 0 Å². The Kier molecular flexibility index (Phi) is 4.47. The lowest BCUT2D eigenvalue weighted by atomic mass is 9.96. The van der Waals surface area contributed by atoms with E-state index < -0.39 is 47.0 Å². The van der Waals surface area contributed by atoms with Crippen molar-refractivity contribution in [3.05, 3.63) is 0 Å². The molecule has 6 nitrogen and oxygen atoms in total. The van der Waals surface area contributed by atoms with Gasteiger partial charge >= 0.3 is 17.1 Å². The van der Waals surface area contributed by atoms with E-state index in [1.165, 1.54) is 0 Å². The van der Waals surface area contributed by atoms with E-state index in [0.717, 1.165) is 0 Å². The second-order valence-corrected chi connectivity index (χ2v) is 5.68. The lowest BCUT2D eigenvalue weighted by Gasteiger charge is -2.27. The predicted octanol–water partition coefficient (Wildman–Crippen LogP) is 0.997. The molecule has 120 valence electrons. The minimum absolute atomic E-state index is 0.360. The number of esters is 1. The molecule has 0 amide bonds. The van der Waals surface area contributed by atoms with Crippen LogP contribution in [0.4, 0.5) is 17.6 Å². The highest BCUT2D eigenvalue weighted by atomic mass is 32.2. The number of Topliss-reactive ketones (excluding diaryl/α,β-unsaturated/α-hetero) is 1. The molecule has 0 aliphatic heterocycles. The number of carbonyl (C=O) groups excluding carboxylic acids is 2. The molecular formula is C10H9F4O6S-. The fraction of sp³-hybridized carbons (Fsp3) is 0.800. The van der Waals surface area contributed by atoms with Crippen molar-refractivity contribution in [1.29, 1.82) is 0 Å². The maximum absolute atomic E-state index is 13.8. The Morgan fingerprint density at radius 2 is 1.95 bits per heavy atom. The number of halogens is 4. The highest BCUT2D eigenvalue weighted by Crippen LogP contribution is 2.47. The predicted molar refractivity (Wildman–Crippen MR) is 55.4 cm³/mol. The standard InChI is InChI=1S/C10H10F4O6S/c11-9(10(12,13)14,21-20-19-17)8(16)18-7-5-2-1-4(3-5)6(7)15/h4-5,7,17H,1-3H2/p-1. The van der Waals surface area contributed by atoms with Crippen LogP contribution in [0.2, 0.25) is 0 Å². The maximum Gasteiger partial charge on any atom is 0.446 e. The summed E-state index contributed by atoms with van der Waals surface area (Å²) >= 11 is -1.17. The molecule has 2 aliphatic rings. The molecule has 0 aromatic rings. The van der Waals surface area contributed by atoms with Crippen LogP contribution < -0.4 is 5.26 Å². The van der Waals surface area contributed by atoms with E-state index in [1.54, 1.807) is 0 Å². The number of ether oxygens (including phenoxy) is 1. The van der Waals surface area contributed by atoms with Crippen molar-refractivity contribution in [2.24, 2.45) is 11.8 Å². The molecule has 0 aromatic heterocycles. The number of ketones is 1. The fourth-order valence-electron chi connectivity index (χ4n) is 2.62. The molecule has 0 heterocycles. The molecule has 2 aliphatic carbocycles. The third-order valence-electron chi connectivity index (χ3n) is 3.62. The van der Waals surface area contributed by atoms with Gasteiger partial charge in [-0.15, -0.1) is 0 Å². The minimum atomic E-state index is -5.71. The molecular weight excluding hydrogens is 324 g/mol. The molecule has 0 N–H and O–H groups in total. The van der Waals surface area contributed by atoms with Crippen molar-refractivity contribution in [2.75, 3.05) is 0 Å². The summed E-state index contributed by atoms with van der Waals surface area (Å²) in [6.45, 7) is 0. The molecule has 2 bridgehead atoms. The Labute approximate surface area is 119 Å². The molecule has 2 rings (SSSR count). The molecule has 4 atom stereocenters. The Hall–Kier alpha value is -0.910. The van der Waals surface area contributed by atoms with Gasteiger partial charge < -0.3 is 9.99 Å². The van der Waals surface area contributed by atoms with E-state index in [0.29, 0.717) is 19.3 Å². The molecule has 0 saturated heterocycles. The van der Waals surface area contributed by atoms with E-state index in [2.05, 4.69) is 14.1 Å². The fourth-order valence-corrected chi connectivity index (χ4v) is 2.95. The molecule has 21 heavy (non-hydrogen) atoms. The number of carbonyl (C=O) groups is 2. The quantitative estimate of drug-likeness (QED) is 0.244. The van der Waals surface area contributed by atoms with E-state index in [1.807, 2.05) is 0 Å². The lowest BCUT2D eigenvalue weighted by molar-refractivity contribution is -0.777. The second-order valence-electron chi connectivity index (χ2n) is 4.81. The van der Waals surface area contributed by atoms with Gasteiger partial charge in [0, 0.05) is 11.8 Å². The molecule has 0 aromatic carbocycles. The van der Waals surface area contributed by atoms with Crippen LogP contribution in [-0.4, -0.2) is 29.0 Å². The Balaban J connectivity index is 2.10. The summed E-state index contributed by atoms with van der Waals surface area (Å²) in [5, 5.41) is 7.51. The van der Waals surface area contributed by atoms with Crippen molar-refractivity contribution >= 4 is 23.8 Å². The molecule has 4 unspecified atom stereocenters. The summed E-state index contributed by atoms with van der Waals surface area (Å²) in [5.41, 5.74) is 0. The monoisotopic (exact) mass is 333 g/mol. The number of hydrogen-bond acceptors (Lipinski definition) is 7. The Morgan fingerprint density at radius 1 is 1.29 bits per heavy atom. The van der Waals surface area contributed by atoms with Crippen LogP contribution in [0.15, 0.2) is 0 Å². The molecule has 2 fully saturated rings. The van der Waals surface area contributed by atoms with Crippen LogP contribution in [0, 0.1) is 11.8 Å². The van der Waals surface area contributed by atoms with Gasteiger partial charge in [0.1, 0.15) is 0 Å². The summed E-state index contributed by atoms with van der Waals surface area (Å²) in [5.74, 6) is -3.61. The van der Waals surface area contributed by atoms with Crippen molar-refractivity contribution in [1.82, 2.24) is 0 Å². The zero-order chi connectivity index (χ0) is 15.8. The number of alkyl halides is 4. The Bertz CT molecular complexity index is 444. The SMILES string of the molecule is O=C1C2CCC(C2)C1OC(=O)C(F)(SOO[O-])C(F)(F)F. The first kappa shape index (κ1) is 16.5. The summed E-state index contributed by atoms with van der Waals surface area (Å²) in [6, 6.07) is 0. The highest BCUT2D eigenvalue weighted by Gasteiger charge is 2.67. The maximum atomic E-state index is 13.8. The Morgan fingerprint density at radius 3 is 2.43 bits per heavy atom. The third-order valence-corrected chi connectivity index (χ3v) is 4.37. The minimum Gasteiger partial charge on any atom is -0.691 e. The van der Waals surface area contributed by atoms with Crippen molar-refractivity contribution in [3.63, 3.8) is 0 Å². The molecule has 2 saturated carbocycles. The first-order chi connectivity index (χ1) is 9.70. The average molecular weight is 333 g/mol. The number of hydrogen-bond donors (Lipinski definition) is 0. The van der Waals surface area contributed by atoms with Gasteiger partial charge in [-0.2, -0.15) is 17.5 Å². The smallest absolute Gasteiger partial charge is 0.446 e. The van der Waals surface area contributed by atoms with E-state index in [-0.39, 0.29) is 5.92 Å². The van der Waals surface area contributed by atoms with Gasteiger partial charge in [-0.25, -0.2) is 9.18 Å². The van der Waals surface area contributed by atoms with Gasteiger partial charge in [0.2, 0.25) is 0 Å². The number of fused-ring (bicyclic) bond motifs is 2. The van der Waals surface area contributed by atoms with Crippen molar-refractivity contribution < 1.29 is 46.5 Å². The lowest BCUT2D eigenvalue weighted by Crippen LogP contribution is -2.49. The summed E-state index contributed by atoms with van der Waals surface area (Å²) < 4.78 is 59.3. The summed E-state index contributed by atoms with van der Waals surface area (Å²) in [6.07, 6.45) is -5.59. The van der Waals surface area contributed by atoms with Crippen LogP contribution in [0.1, 0.15) is 19.3 Å².